The Hall–Kier alpha value is -1.38. The molecule has 0 radical (unpaired) electrons. The SMILES string of the molecule is CC[C@H](C)NS(=O)(=O)c1ccc(C#N)cc1. The van der Waals surface area contributed by atoms with Crippen LogP contribution in [0.4, 0.5) is 0 Å². The van der Waals surface area contributed by atoms with E-state index < -0.39 is 10.0 Å². The number of nitrogens with zero attached hydrogens (tertiary/aromatic N) is 1. The maximum atomic E-state index is 11.8. The van der Waals surface area contributed by atoms with Crippen molar-refractivity contribution in [3.05, 3.63) is 29.8 Å². The molecule has 0 saturated carbocycles. The lowest BCUT2D eigenvalue weighted by molar-refractivity contribution is 0.556. The van der Waals surface area contributed by atoms with Crippen molar-refractivity contribution >= 4 is 10.0 Å². The molecule has 4 nitrogen and oxygen atoms in total. The quantitative estimate of drug-likeness (QED) is 0.866. The molecule has 1 rings (SSSR count). The van der Waals surface area contributed by atoms with Crippen molar-refractivity contribution in [3.63, 3.8) is 0 Å². The third-order valence-electron chi connectivity index (χ3n) is 2.26. The van der Waals surface area contributed by atoms with E-state index in [1.165, 1.54) is 24.3 Å². The molecular weight excluding hydrogens is 224 g/mol. The molecule has 0 aliphatic rings. The van der Waals surface area contributed by atoms with Gasteiger partial charge in [-0.1, -0.05) is 6.92 Å². The fourth-order valence-corrected chi connectivity index (χ4v) is 2.45. The fraction of sp³-hybridized carbons (Fsp3) is 0.364. The van der Waals surface area contributed by atoms with Crippen LogP contribution in [0.15, 0.2) is 29.2 Å². The minimum absolute atomic E-state index is 0.0966. The predicted octanol–water partition coefficient (Wildman–Crippen LogP) is 1.64. The van der Waals surface area contributed by atoms with Crippen molar-refractivity contribution in [1.29, 1.82) is 5.26 Å². The van der Waals surface area contributed by atoms with Crippen molar-refractivity contribution in [2.75, 3.05) is 0 Å². The zero-order valence-corrected chi connectivity index (χ0v) is 10.1. The third kappa shape index (κ3) is 3.05. The minimum atomic E-state index is -3.46. The molecule has 5 heteroatoms. The highest BCUT2D eigenvalue weighted by molar-refractivity contribution is 7.89. The number of hydrogen-bond donors (Lipinski definition) is 1. The largest absolute Gasteiger partial charge is 0.240 e. The summed E-state index contributed by atoms with van der Waals surface area (Å²) in [7, 11) is -3.46. The van der Waals surface area contributed by atoms with E-state index in [1.54, 1.807) is 6.92 Å². The first-order valence-electron chi connectivity index (χ1n) is 5.02. The lowest BCUT2D eigenvalue weighted by Crippen LogP contribution is -2.31. The number of nitriles is 1. The molecule has 1 aromatic carbocycles. The van der Waals surface area contributed by atoms with Crippen LogP contribution in [0.25, 0.3) is 0 Å². The Balaban J connectivity index is 2.95. The number of sulfonamides is 1. The molecule has 0 amide bonds. The van der Waals surface area contributed by atoms with Gasteiger partial charge in [0.05, 0.1) is 16.5 Å². The Morgan fingerprint density at radius 2 is 1.94 bits per heavy atom. The monoisotopic (exact) mass is 238 g/mol. The maximum Gasteiger partial charge on any atom is 0.240 e. The van der Waals surface area contributed by atoms with Gasteiger partial charge in [0.25, 0.3) is 0 Å². The van der Waals surface area contributed by atoms with Crippen LogP contribution in [0.1, 0.15) is 25.8 Å². The van der Waals surface area contributed by atoms with Gasteiger partial charge in [0.15, 0.2) is 0 Å². The topological polar surface area (TPSA) is 70.0 Å². The van der Waals surface area contributed by atoms with E-state index in [0.717, 1.165) is 6.42 Å². The van der Waals surface area contributed by atoms with E-state index in [1.807, 2.05) is 13.0 Å². The van der Waals surface area contributed by atoms with Crippen molar-refractivity contribution in [2.24, 2.45) is 0 Å². The minimum Gasteiger partial charge on any atom is -0.208 e. The Bertz CT molecular complexity index is 486. The molecule has 0 aliphatic heterocycles. The average Bonchev–Trinajstić information content (AvgIpc) is 2.28. The summed E-state index contributed by atoms with van der Waals surface area (Å²) in [5, 5.41) is 8.60. The molecule has 0 heterocycles. The van der Waals surface area contributed by atoms with Crippen LogP contribution in [0.5, 0.6) is 0 Å². The van der Waals surface area contributed by atoms with E-state index >= 15 is 0 Å². The van der Waals surface area contributed by atoms with Gasteiger partial charge in [-0.2, -0.15) is 5.26 Å². The van der Waals surface area contributed by atoms with Crippen LogP contribution >= 0.6 is 0 Å². The highest BCUT2D eigenvalue weighted by Crippen LogP contribution is 2.10. The molecule has 16 heavy (non-hydrogen) atoms. The Labute approximate surface area is 96.0 Å². The second-order valence-corrected chi connectivity index (χ2v) is 5.28. The van der Waals surface area contributed by atoms with Crippen molar-refractivity contribution in [1.82, 2.24) is 4.72 Å². The molecule has 0 aromatic heterocycles. The van der Waals surface area contributed by atoms with Crippen LogP contribution in [0, 0.1) is 11.3 Å². The molecule has 1 aromatic rings. The Morgan fingerprint density at radius 1 is 1.38 bits per heavy atom. The highest BCUT2D eigenvalue weighted by Gasteiger charge is 2.15. The van der Waals surface area contributed by atoms with Crippen molar-refractivity contribution in [3.8, 4) is 6.07 Å². The first-order chi connectivity index (χ1) is 7.49. The Morgan fingerprint density at radius 3 is 2.38 bits per heavy atom. The fourth-order valence-electron chi connectivity index (χ4n) is 1.12. The first-order valence-corrected chi connectivity index (χ1v) is 6.50. The second kappa shape index (κ2) is 5.10. The summed E-state index contributed by atoms with van der Waals surface area (Å²) in [4.78, 5) is 0.187. The third-order valence-corrected chi connectivity index (χ3v) is 3.87. The van der Waals surface area contributed by atoms with Gasteiger partial charge in [0.2, 0.25) is 10.0 Å². The standard InChI is InChI=1S/C11H14N2O2S/c1-3-9(2)13-16(14,15)11-6-4-10(8-12)5-7-11/h4-7,9,13H,3H2,1-2H3/t9-/m0/s1. The molecule has 0 bridgehead atoms. The summed E-state index contributed by atoms with van der Waals surface area (Å²) in [6, 6.07) is 7.70. The van der Waals surface area contributed by atoms with E-state index in [4.69, 9.17) is 5.26 Å². The zero-order valence-electron chi connectivity index (χ0n) is 9.27. The summed E-state index contributed by atoms with van der Waals surface area (Å²) in [6.07, 6.45) is 0.732. The molecule has 0 saturated heterocycles. The van der Waals surface area contributed by atoms with E-state index in [2.05, 4.69) is 4.72 Å². The molecule has 1 N–H and O–H groups in total. The average molecular weight is 238 g/mol. The molecule has 1 atom stereocenters. The maximum absolute atomic E-state index is 11.8. The lowest BCUT2D eigenvalue weighted by atomic mass is 10.2. The zero-order chi connectivity index (χ0) is 12.2. The molecular formula is C11H14N2O2S. The van der Waals surface area contributed by atoms with Gasteiger partial charge in [-0.25, -0.2) is 13.1 Å². The van der Waals surface area contributed by atoms with Crippen LogP contribution in [0.2, 0.25) is 0 Å². The summed E-state index contributed by atoms with van der Waals surface area (Å²) >= 11 is 0. The second-order valence-electron chi connectivity index (χ2n) is 3.57. The molecule has 0 spiro atoms. The van der Waals surface area contributed by atoms with Crippen molar-refractivity contribution in [2.45, 2.75) is 31.2 Å². The van der Waals surface area contributed by atoms with Crippen LogP contribution in [0.3, 0.4) is 0 Å². The van der Waals surface area contributed by atoms with Gasteiger partial charge in [-0.05, 0) is 37.6 Å². The van der Waals surface area contributed by atoms with Gasteiger partial charge < -0.3 is 0 Å². The normalized spacial score (nSPS) is 13.1. The first kappa shape index (κ1) is 12.7. The summed E-state index contributed by atoms with van der Waals surface area (Å²) in [5.41, 5.74) is 0.447. The summed E-state index contributed by atoms with van der Waals surface area (Å²) in [5.74, 6) is 0. The smallest absolute Gasteiger partial charge is 0.208 e. The van der Waals surface area contributed by atoms with Crippen molar-refractivity contribution < 1.29 is 8.42 Å². The van der Waals surface area contributed by atoms with Gasteiger partial charge in [0.1, 0.15) is 0 Å². The van der Waals surface area contributed by atoms with Gasteiger partial charge in [-0.3, -0.25) is 0 Å². The number of benzene rings is 1. The molecule has 0 aliphatic carbocycles. The van der Waals surface area contributed by atoms with Crippen LogP contribution in [-0.4, -0.2) is 14.5 Å². The lowest BCUT2D eigenvalue weighted by Gasteiger charge is -2.11. The number of nitrogens with one attached hydrogen (secondary N) is 1. The van der Waals surface area contributed by atoms with E-state index in [9.17, 15) is 8.42 Å². The summed E-state index contributed by atoms with van der Waals surface area (Å²) < 4.78 is 26.2. The highest BCUT2D eigenvalue weighted by atomic mass is 32.2. The van der Waals surface area contributed by atoms with Crippen LogP contribution in [-0.2, 0) is 10.0 Å². The van der Waals surface area contributed by atoms with E-state index in [0.29, 0.717) is 5.56 Å². The summed E-state index contributed by atoms with van der Waals surface area (Å²) in [6.45, 7) is 3.72. The Kier molecular flexibility index (Phi) is 4.05. The molecule has 0 fully saturated rings. The predicted molar refractivity (Wildman–Crippen MR) is 61.2 cm³/mol. The van der Waals surface area contributed by atoms with Gasteiger partial charge in [0, 0.05) is 6.04 Å². The van der Waals surface area contributed by atoms with Gasteiger partial charge in [-0.15, -0.1) is 0 Å². The molecule has 0 unspecified atom stereocenters. The number of rotatable bonds is 4. The molecule has 86 valence electrons. The van der Waals surface area contributed by atoms with Crippen LogP contribution < -0.4 is 4.72 Å². The number of hydrogen-bond acceptors (Lipinski definition) is 3. The van der Waals surface area contributed by atoms with Gasteiger partial charge >= 0.3 is 0 Å². The van der Waals surface area contributed by atoms with E-state index in [-0.39, 0.29) is 10.9 Å².